The number of benzene rings is 1. The molecular formula is C17H15F2N5O2S2. The maximum Gasteiger partial charge on any atom is 0.277 e. The molecule has 2 aromatic heterocycles. The van der Waals surface area contributed by atoms with Gasteiger partial charge >= 0.3 is 0 Å². The number of ether oxygens (including phenoxy) is 1. The van der Waals surface area contributed by atoms with Crippen LogP contribution in [0.5, 0.6) is 0 Å². The lowest BCUT2D eigenvalue weighted by molar-refractivity contribution is 0.102. The Labute approximate surface area is 166 Å². The number of amides is 1. The van der Waals surface area contributed by atoms with Crippen molar-refractivity contribution in [1.29, 1.82) is 0 Å². The van der Waals surface area contributed by atoms with Crippen LogP contribution in [-0.2, 0) is 4.74 Å². The number of nitrogens with one attached hydrogen (secondary N) is 1. The monoisotopic (exact) mass is 423 g/mol. The van der Waals surface area contributed by atoms with Gasteiger partial charge < -0.3 is 20.7 Å². The standard InChI is InChI=1S/C17H15F2N5O2S2/c18-9-2-1-3-10(19)12(9)16-23-13(14(20)27-16)15(25)22-11-8-21-28-17(11)24-4-6-26-7-5-24/h1-3,8H,4-7,20H2,(H,22,25). The van der Waals surface area contributed by atoms with Gasteiger partial charge in [-0.25, -0.2) is 13.8 Å². The zero-order valence-corrected chi connectivity index (χ0v) is 16.1. The lowest BCUT2D eigenvalue weighted by atomic mass is 10.2. The van der Waals surface area contributed by atoms with Crippen molar-refractivity contribution in [2.75, 3.05) is 42.3 Å². The zero-order chi connectivity index (χ0) is 19.7. The maximum atomic E-state index is 14.0. The van der Waals surface area contributed by atoms with E-state index in [1.54, 1.807) is 6.20 Å². The molecule has 1 aliphatic heterocycles. The van der Waals surface area contributed by atoms with Gasteiger partial charge in [-0.05, 0) is 23.7 Å². The number of carbonyl (C=O) groups excluding carboxylic acids is 1. The van der Waals surface area contributed by atoms with Crippen LogP contribution in [0.3, 0.4) is 0 Å². The number of carbonyl (C=O) groups is 1. The third kappa shape index (κ3) is 3.55. The quantitative estimate of drug-likeness (QED) is 0.669. The topological polar surface area (TPSA) is 93.4 Å². The number of hydrogen-bond donors (Lipinski definition) is 2. The Hall–Kier alpha value is -2.63. The lowest BCUT2D eigenvalue weighted by Gasteiger charge is -2.27. The van der Waals surface area contributed by atoms with E-state index in [-0.39, 0.29) is 21.3 Å². The number of thiazole rings is 1. The van der Waals surface area contributed by atoms with Crippen molar-refractivity contribution < 1.29 is 18.3 Å². The minimum absolute atomic E-state index is 0.00935. The molecule has 0 unspecified atom stereocenters. The highest BCUT2D eigenvalue weighted by molar-refractivity contribution is 7.19. The Morgan fingerprint density at radius 1 is 1.25 bits per heavy atom. The number of anilines is 3. The first-order chi connectivity index (χ1) is 13.5. The summed E-state index contributed by atoms with van der Waals surface area (Å²) in [6.45, 7) is 2.59. The van der Waals surface area contributed by atoms with Crippen molar-refractivity contribution >= 4 is 44.5 Å². The van der Waals surface area contributed by atoms with Gasteiger partial charge in [0.1, 0.15) is 26.6 Å². The van der Waals surface area contributed by atoms with E-state index in [1.807, 2.05) is 0 Å². The SMILES string of the molecule is Nc1sc(-c2c(F)cccc2F)nc1C(=O)Nc1cnsc1N1CCOCC1. The first-order valence-corrected chi connectivity index (χ1v) is 9.93. The first-order valence-electron chi connectivity index (χ1n) is 8.34. The molecule has 1 saturated heterocycles. The summed E-state index contributed by atoms with van der Waals surface area (Å²) in [6.07, 6.45) is 1.55. The molecule has 0 atom stereocenters. The van der Waals surface area contributed by atoms with Gasteiger partial charge in [0, 0.05) is 13.1 Å². The van der Waals surface area contributed by atoms with Gasteiger partial charge in [0.15, 0.2) is 5.69 Å². The first kappa shape index (κ1) is 18.7. The molecule has 1 aromatic carbocycles. The molecule has 0 bridgehead atoms. The number of nitrogen functional groups attached to an aromatic ring is 1. The third-order valence-corrected chi connectivity index (χ3v) is 5.91. The molecule has 28 heavy (non-hydrogen) atoms. The minimum Gasteiger partial charge on any atom is -0.389 e. The molecule has 3 aromatic rings. The molecule has 1 fully saturated rings. The average Bonchev–Trinajstić information content (AvgIpc) is 3.29. The summed E-state index contributed by atoms with van der Waals surface area (Å²) in [5, 5.41) is 3.64. The van der Waals surface area contributed by atoms with Crippen molar-refractivity contribution in [2.24, 2.45) is 0 Å². The van der Waals surface area contributed by atoms with E-state index in [1.165, 1.54) is 17.6 Å². The second-order valence-corrected chi connectivity index (χ2v) is 7.74. The largest absolute Gasteiger partial charge is 0.389 e. The summed E-state index contributed by atoms with van der Waals surface area (Å²) in [7, 11) is 0. The molecule has 7 nitrogen and oxygen atoms in total. The predicted octanol–water partition coefficient (Wildman–Crippen LogP) is 3.22. The van der Waals surface area contributed by atoms with E-state index in [9.17, 15) is 13.6 Å². The molecule has 146 valence electrons. The fraction of sp³-hybridized carbons (Fsp3) is 0.235. The number of halogens is 2. The van der Waals surface area contributed by atoms with Crippen LogP contribution in [-0.4, -0.2) is 41.6 Å². The van der Waals surface area contributed by atoms with Crippen molar-refractivity contribution in [3.05, 3.63) is 41.7 Å². The van der Waals surface area contributed by atoms with Crippen molar-refractivity contribution in [2.45, 2.75) is 0 Å². The molecule has 1 aliphatic rings. The average molecular weight is 423 g/mol. The van der Waals surface area contributed by atoms with E-state index in [4.69, 9.17) is 10.5 Å². The fourth-order valence-corrected chi connectivity index (χ4v) is 4.43. The normalized spacial score (nSPS) is 14.3. The van der Waals surface area contributed by atoms with E-state index < -0.39 is 17.5 Å². The van der Waals surface area contributed by atoms with Crippen molar-refractivity contribution in [3.63, 3.8) is 0 Å². The Morgan fingerprint density at radius 3 is 2.68 bits per heavy atom. The van der Waals surface area contributed by atoms with Crippen molar-refractivity contribution in [1.82, 2.24) is 9.36 Å². The van der Waals surface area contributed by atoms with Crippen LogP contribution < -0.4 is 16.0 Å². The van der Waals surface area contributed by atoms with Crippen LogP contribution in [0.25, 0.3) is 10.6 Å². The Morgan fingerprint density at radius 2 is 1.96 bits per heavy atom. The number of rotatable bonds is 4. The number of morpholine rings is 1. The summed E-state index contributed by atoms with van der Waals surface area (Å²) >= 11 is 2.12. The molecule has 0 radical (unpaired) electrons. The van der Waals surface area contributed by atoms with Crippen LogP contribution in [0.4, 0.5) is 24.5 Å². The molecular weight excluding hydrogens is 408 g/mol. The highest BCUT2D eigenvalue weighted by atomic mass is 32.1. The number of aromatic nitrogens is 2. The molecule has 11 heteroatoms. The zero-order valence-electron chi connectivity index (χ0n) is 14.4. The molecule has 0 spiro atoms. The molecule has 4 rings (SSSR count). The van der Waals surface area contributed by atoms with Gasteiger partial charge in [0.05, 0.1) is 30.7 Å². The minimum atomic E-state index is -0.766. The van der Waals surface area contributed by atoms with Crippen LogP contribution >= 0.6 is 22.9 Å². The lowest BCUT2D eigenvalue weighted by Crippen LogP contribution is -2.36. The molecule has 0 aliphatic carbocycles. The summed E-state index contributed by atoms with van der Waals surface area (Å²) in [5.74, 6) is -2.10. The summed E-state index contributed by atoms with van der Waals surface area (Å²) < 4.78 is 37.5. The van der Waals surface area contributed by atoms with Crippen LogP contribution in [0.2, 0.25) is 0 Å². The van der Waals surface area contributed by atoms with Crippen LogP contribution in [0.1, 0.15) is 10.5 Å². The molecule has 3 heterocycles. The number of nitrogens with two attached hydrogens (primary N) is 1. The van der Waals surface area contributed by atoms with Crippen molar-refractivity contribution in [3.8, 4) is 10.6 Å². The van der Waals surface area contributed by atoms with Gasteiger partial charge in [-0.2, -0.15) is 4.37 Å². The van der Waals surface area contributed by atoms with Gasteiger partial charge in [-0.3, -0.25) is 4.79 Å². The molecule has 3 N–H and O–H groups in total. The number of hydrogen-bond acceptors (Lipinski definition) is 8. The highest BCUT2D eigenvalue weighted by Crippen LogP contribution is 2.35. The summed E-state index contributed by atoms with van der Waals surface area (Å²) in [4.78, 5) is 18.8. The molecule has 1 amide bonds. The number of nitrogens with zero attached hydrogens (tertiary/aromatic N) is 3. The second-order valence-electron chi connectivity index (χ2n) is 5.93. The smallest absolute Gasteiger partial charge is 0.277 e. The summed E-state index contributed by atoms with van der Waals surface area (Å²) in [6, 6.07) is 3.51. The van der Waals surface area contributed by atoms with Gasteiger partial charge in [-0.1, -0.05) is 17.4 Å². The van der Waals surface area contributed by atoms with Gasteiger partial charge in [0.2, 0.25) is 0 Å². The Bertz CT molecular complexity index is 997. The van der Waals surface area contributed by atoms with E-state index in [0.29, 0.717) is 32.0 Å². The van der Waals surface area contributed by atoms with E-state index in [2.05, 4.69) is 19.6 Å². The maximum absolute atomic E-state index is 14.0. The van der Waals surface area contributed by atoms with Gasteiger partial charge in [-0.15, -0.1) is 0 Å². The highest BCUT2D eigenvalue weighted by Gasteiger charge is 2.24. The van der Waals surface area contributed by atoms with Crippen LogP contribution in [0.15, 0.2) is 24.4 Å². The van der Waals surface area contributed by atoms with E-state index in [0.717, 1.165) is 28.5 Å². The van der Waals surface area contributed by atoms with E-state index >= 15 is 0 Å². The second kappa shape index (κ2) is 7.78. The Balaban J connectivity index is 1.59. The third-order valence-electron chi connectivity index (χ3n) is 4.14. The molecule has 0 saturated carbocycles. The predicted molar refractivity (Wildman–Crippen MR) is 105 cm³/mol. The van der Waals surface area contributed by atoms with Crippen LogP contribution in [0, 0.1) is 11.6 Å². The summed E-state index contributed by atoms with van der Waals surface area (Å²) in [5.41, 5.74) is 6.05. The fourth-order valence-electron chi connectivity index (χ4n) is 2.80. The van der Waals surface area contributed by atoms with Gasteiger partial charge in [0.25, 0.3) is 5.91 Å². The Kier molecular flexibility index (Phi) is 5.20.